The van der Waals surface area contributed by atoms with E-state index in [0.29, 0.717) is 13.0 Å². The fourth-order valence-electron chi connectivity index (χ4n) is 3.26. The lowest BCUT2D eigenvalue weighted by Gasteiger charge is -2.17. The van der Waals surface area contributed by atoms with Crippen LogP contribution in [0.25, 0.3) is 11.0 Å². The number of benzene rings is 2. The van der Waals surface area contributed by atoms with Crippen LogP contribution in [-0.2, 0) is 4.79 Å². The van der Waals surface area contributed by atoms with Crippen LogP contribution in [0.3, 0.4) is 0 Å². The number of carbonyl (C=O) groups excluding carboxylic acids is 1. The van der Waals surface area contributed by atoms with Crippen molar-refractivity contribution in [1.29, 1.82) is 0 Å². The summed E-state index contributed by atoms with van der Waals surface area (Å²) in [7, 11) is 1.63. The van der Waals surface area contributed by atoms with Crippen LogP contribution in [0.15, 0.2) is 42.5 Å². The van der Waals surface area contributed by atoms with Gasteiger partial charge in [0.25, 0.3) is 0 Å². The molecule has 1 aliphatic heterocycles. The lowest BCUT2D eigenvalue weighted by molar-refractivity contribution is -0.117. The van der Waals surface area contributed by atoms with Gasteiger partial charge in [0.1, 0.15) is 11.6 Å². The molecule has 1 amide bonds. The van der Waals surface area contributed by atoms with Crippen molar-refractivity contribution in [2.24, 2.45) is 0 Å². The van der Waals surface area contributed by atoms with E-state index >= 15 is 0 Å². The molecule has 0 radical (unpaired) electrons. The molecule has 0 spiro atoms. The lowest BCUT2D eigenvalue weighted by atomic mass is 10.1. The predicted molar refractivity (Wildman–Crippen MR) is 93.5 cm³/mol. The van der Waals surface area contributed by atoms with Gasteiger partial charge in [0.05, 0.1) is 18.1 Å². The van der Waals surface area contributed by atoms with E-state index in [4.69, 9.17) is 4.74 Å². The molecule has 1 aliphatic rings. The number of H-pyrrole nitrogens is 1. The fourth-order valence-corrected chi connectivity index (χ4v) is 3.26. The van der Waals surface area contributed by atoms with Crippen LogP contribution < -0.4 is 9.64 Å². The normalized spacial score (nSPS) is 17.7. The number of amides is 1. The molecule has 1 N–H and O–H groups in total. The molecule has 2 heterocycles. The number of nitrogens with zero attached hydrogens (tertiary/aromatic N) is 2. The number of fused-ring (bicyclic) bond motifs is 1. The standard InChI is InChI=1S/C19H19N3O2/c1-12-6-7-16-17(8-12)21-19(20-16)13-9-18(23)22(11-13)14-4-3-5-15(10-14)24-2/h3-8,10,13H,9,11H2,1-2H3,(H,20,21)/t13-/m0/s1. The third-order valence-corrected chi connectivity index (χ3v) is 4.53. The van der Waals surface area contributed by atoms with E-state index in [1.54, 1.807) is 7.11 Å². The second kappa shape index (κ2) is 5.67. The Morgan fingerprint density at radius 2 is 2.12 bits per heavy atom. The summed E-state index contributed by atoms with van der Waals surface area (Å²) >= 11 is 0. The van der Waals surface area contributed by atoms with E-state index in [9.17, 15) is 4.79 Å². The zero-order valence-corrected chi connectivity index (χ0v) is 13.7. The molecular formula is C19H19N3O2. The van der Waals surface area contributed by atoms with E-state index in [0.717, 1.165) is 28.3 Å². The minimum absolute atomic E-state index is 0.0800. The third kappa shape index (κ3) is 2.52. The van der Waals surface area contributed by atoms with E-state index < -0.39 is 0 Å². The van der Waals surface area contributed by atoms with Crippen molar-refractivity contribution < 1.29 is 9.53 Å². The van der Waals surface area contributed by atoms with Gasteiger partial charge in [-0.15, -0.1) is 0 Å². The number of ether oxygens (including phenoxy) is 1. The summed E-state index contributed by atoms with van der Waals surface area (Å²) in [6.07, 6.45) is 0.468. The molecule has 2 aromatic carbocycles. The second-order valence-corrected chi connectivity index (χ2v) is 6.25. The monoisotopic (exact) mass is 321 g/mol. The van der Waals surface area contributed by atoms with Crippen molar-refractivity contribution >= 4 is 22.6 Å². The molecule has 1 atom stereocenters. The molecule has 0 bridgehead atoms. The molecule has 122 valence electrons. The number of nitrogens with one attached hydrogen (secondary N) is 1. The Bertz CT molecular complexity index is 916. The van der Waals surface area contributed by atoms with E-state index in [1.165, 1.54) is 5.56 Å². The van der Waals surface area contributed by atoms with Crippen LogP contribution in [0.4, 0.5) is 5.69 Å². The van der Waals surface area contributed by atoms with Gasteiger partial charge in [0.15, 0.2) is 0 Å². The number of methoxy groups -OCH3 is 1. The summed E-state index contributed by atoms with van der Waals surface area (Å²) in [4.78, 5) is 22.3. The van der Waals surface area contributed by atoms with Gasteiger partial charge in [-0.05, 0) is 36.8 Å². The Morgan fingerprint density at radius 1 is 1.25 bits per heavy atom. The molecule has 24 heavy (non-hydrogen) atoms. The van der Waals surface area contributed by atoms with Gasteiger partial charge in [-0.1, -0.05) is 12.1 Å². The van der Waals surface area contributed by atoms with E-state index in [-0.39, 0.29) is 11.8 Å². The molecule has 3 aromatic rings. The number of imidazole rings is 1. The van der Waals surface area contributed by atoms with Crippen LogP contribution in [0, 0.1) is 6.92 Å². The molecule has 0 aliphatic carbocycles. The molecular weight excluding hydrogens is 302 g/mol. The smallest absolute Gasteiger partial charge is 0.227 e. The maximum Gasteiger partial charge on any atom is 0.227 e. The highest BCUT2D eigenvalue weighted by atomic mass is 16.5. The third-order valence-electron chi connectivity index (χ3n) is 4.53. The molecule has 5 heteroatoms. The molecule has 1 fully saturated rings. The van der Waals surface area contributed by atoms with Gasteiger partial charge in [0.2, 0.25) is 5.91 Å². The van der Waals surface area contributed by atoms with Gasteiger partial charge in [-0.2, -0.15) is 0 Å². The first-order chi connectivity index (χ1) is 11.6. The van der Waals surface area contributed by atoms with Crippen molar-refractivity contribution in [3.8, 4) is 5.75 Å². The number of anilines is 1. The number of rotatable bonds is 3. The van der Waals surface area contributed by atoms with Crippen LogP contribution >= 0.6 is 0 Å². The van der Waals surface area contributed by atoms with E-state index in [2.05, 4.69) is 29.0 Å². The number of aromatic amines is 1. The zero-order chi connectivity index (χ0) is 16.7. The first-order valence-corrected chi connectivity index (χ1v) is 8.05. The van der Waals surface area contributed by atoms with Gasteiger partial charge in [0, 0.05) is 30.6 Å². The summed E-state index contributed by atoms with van der Waals surface area (Å²) in [6.45, 7) is 2.69. The van der Waals surface area contributed by atoms with E-state index in [1.807, 2.05) is 35.2 Å². The number of carbonyl (C=O) groups is 1. The topological polar surface area (TPSA) is 58.2 Å². The molecule has 1 saturated heterocycles. The highest BCUT2D eigenvalue weighted by Gasteiger charge is 2.33. The first-order valence-electron chi connectivity index (χ1n) is 8.05. The molecule has 5 nitrogen and oxygen atoms in total. The Kier molecular flexibility index (Phi) is 3.49. The SMILES string of the molecule is COc1cccc(N2C[C@@H](c3nc4ccc(C)cc4[nH]3)CC2=O)c1. The fraction of sp³-hybridized carbons (Fsp3) is 0.263. The Balaban J connectivity index is 1.62. The highest BCUT2D eigenvalue weighted by Crippen LogP contribution is 2.32. The molecule has 1 aromatic heterocycles. The zero-order valence-electron chi connectivity index (χ0n) is 13.7. The first kappa shape index (κ1) is 14.8. The number of aromatic nitrogens is 2. The van der Waals surface area contributed by atoms with Gasteiger partial charge in [-0.3, -0.25) is 4.79 Å². The summed E-state index contributed by atoms with van der Waals surface area (Å²) in [5.74, 6) is 1.83. The summed E-state index contributed by atoms with van der Waals surface area (Å²) < 4.78 is 5.26. The summed E-state index contributed by atoms with van der Waals surface area (Å²) in [6, 6.07) is 13.8. The predicted octanol–water partition coefficient (Wildman–Crippen LogP) is 3.40. The highest BCUT2D eigenvalue weighted by molar-refractivity contribution is 5.96. The number of hydrogen-bond acceptors (Lipinski definition) is 3. The summed E-state index contributed by atoms with van der Waals surface area (Å²) in [5, 5.41) is 0. The Morgan fingerprint density at radius 3 is 2.96 bits per heavy atom. The average Bonchev–Trinajstić information content (AvgIpc) is 3.17. The van der Waals surface area contributed by atoms with Crippen LogP contribution in [0.2, 0.25) is 0 Å². The Hall–Kier alpha value is -2.82. The lowest BCUT2D eigenvalue weighted by Crippen LogP contribution is -2.24. The van der Waals surface area contributed by atoms with Crippen molar-refractivity contribution in [1.82, 2.24) is 9.97 Å². The van der Waals surface area contributed by atoms with Crippen molar-refractivity contribution in [2.45, 2.75) is 19.3 Å². The number of aryl methyl sites for hydroxylation is 1. The molecule has 4 rings (SSSR count). The largest absolute Gasteiger partial charge is 0.497 e. The minimum Gasteiger partial charge on any atom is -0.497 e. The number of hydrogen-bond donors (Lipinski definition) is 1. The van der Waals surface area contributed by atoms with Crippen LogP contribution in [0.1, 0.15) is 23.7 Å². The van der Waals surface area contributed by atoms with Crippen LogP contribution in [0.5, 0.6) is 5.75 Å². The Labute approximate surface area is 140 Å². The van der Waals surface area contributed by atoms with Crippen LogP contribution in [-0.4, -0.2) is 29.5 Å². The molecule has 0 saturated carbocycles. The van der Waals surface area contributed by atoms with Gasteiger partial charge in [-0.25, -0.2) is 4.98 Å². The van der Waals surface area contributed by atoms with Gasteiger partial charge >= 0.3 is 0 Å². The quantitative estimate of drug-likeness (QED) is 0.804. The summed E-state index contributed by atoms with van der Waals surface area (Å²) in [5.41, 5.74) is 4.03. The van der Waals surface area contributed by atoms with Crippen molar-refractivity contribution in [3.63, 3.8) is 0 Å². The average molecular weight is 321 g/mol. The second-order valence-electron chi connectivity index (χ2n) is 6.25. The van der Waals surface area contributed by atoms with Crippen molar-refractivity contribution in [3.05, 3.63) is 53.9 Å². The minimum atomic E-state index is 0.0800. The molecule has 0 unspecified atom stereocenters. The maximum atomic E-state index is 12.5. The van der Waals surface area contributed by atoms with Gasteiger partial charge < -0.3 is 14.6 Å². The van der Waals surface area contributed by atoms with Crippen molar-refractivity contribution in [2.75, 3.05) is 18.6 Å². The maximum absolute atomic E-state index is 12.5.